The van der Waals surface area contributed by atoms with Crippen molar-refractivity contribution in [3.63, 3.8) is 0 Å². The van der Waals surface area contributed by atoms with Crippen LogP contribution in [0.1, 0.15) is 40.5 Å². The van der Waals surface area contributed by atoms with Gasteiger partial charge in [0.2, 0.25) is 0 Å². The molecule has 4 fully saturated rings. The van der Waals surface area contributed by atoms with E-state index >= 15 is 0 Å². The second kappa shape index (κ2) is 3.81. The average molecular weight is 276 g/mol. The van der Waals surface area contributed by atoms with Gasteiger partial charge in [-0.3, -0.25) is 4.79 Å². The number of hydrogen-bond acceptors (Lipinski definition) is 2. The molecule has 10 unspecified atom stereocenters. The molecule has 2 heteroatoms. The van der Waals surface area contributed by atoms with Crippen LogP contribution >= 0.6 is 0 Å². The molecular weight excluding hydrogens is 248 g/mol. The molecule has 4 saturated carbocycles. The first-order chi connectivity index (χ1) is 9.42. The zero-order valence-electron chi connectivity index (χ0n) is 13.4. The molecule has 4 aliphatic rings. The molecule has 4 rings (SSSR count). The van der Waals surface area contributed by atoms with Crippen molar-refractivity contribution in [2.45, 2.75) is 40.5 Å². The Morgan fingerprint density at radius 1 is 1.00 bits per heavy atom. The summed E-state index contributed by atoms with van der Waals surface area (Å²) in [6.07, 6.45) is 2.73. The maximum Gasteiger partial charge on any atom is 0.312 e. The normalized spacial score (nSPS) is 62.8. The largest absolute Gasteiger partial charge is 0.469 e. The number of carbonyl (C=O) groups is 1. The quantitative estimate of drug-likeness (QED) is 0.540. The minimum Gasteiger partial charge on any atom is -0.469 e. The highest BCUT2D eigenvalue weighted by atomic mass is 16.5. The van der Waals surface area contributed by atoms with E-state index in [1.807, 2.05) is 0 Å². The van der Waals surface area contributed by atoms with Crippen LogP contribution in [0.5, 0.6) is 0 Å². The van der Waals surface area contributed by atoms with E-state index in [0.717, 1.165) is 41.4 Å². The fraction of sp³-hybridized carbons (Fsp3) is 0.944. The molecule has 0 aromatic rings. The molecule has 0 radical (unpaired) electrons. The number of rotatable bonds is 1. The predicted molar refractivity (Wildman–Crippen MR) is 77.8 cm³/mol. The second-order valence-electron chi connectivity index (χ2n) is 8.51. The zero-order chi connectivity index (χ0) is 14.4. The topological polar surface area (TPSA) is 26.3 Å². The van der Waals surface area contributed by atoms with E-state index in [1.54, 1.807) is 7.11 Å². The van der Waals surface area contributed by atoms with E-state index in [2.05, 4.69) is 27.7 Å². The van der Waals surface area contributed by atoms with Crippen LogP contribution in [0.15, 0.2) is 0 Å². The van der Waals surface area contributed by atoms with Gasteiger partial charge in [0.05, 0.1) is 12.5 Å². The maximum absolute atomic E-state index is 12.5. The van der Waals surface area contributed by atoms with Crippen molar-refractivity contribution in [1.29, 1.82) is 0 Å². The first-order valence-corrected chi connectivity index (χ1v) is 8.51. The van der Waals surface area contributed by atoms with Crippen LogP contribution in [0.25, 0.3) is 0 Å². The average Bonchev–Trinajstić information content (AvgIpc) is 3.12. The highest BCUT2D eigenvalue weighted by Crippen LogP contribution is 2.75. The smallest absolute Gasteiger partial charge is 0.312 e. The lowest BCUT2D eigenvalue weighted by Crippen LogP contribution is -2.50. The van der Waals surface area contributed by atoms with Crippen LogP contribution in [0.2, 0.25) is 0 Å². The Kier molecular flexibility index (Phi) is 2.51. The Morgan fingerprint density at radius 3 is 2.20 bits per heavy atom. The van der Waals surface area contributed by atoms with Crippen LogP contribution in [-0.2, 0) is 9.53 Å². The number of hydrogen-bond donors (Lipinski definition) is 0. The van der Waals surface area contributed by atoms with E-state index in [1.165, 1.54) is 12.8 Å². The van der Waals surface area contributed by atoms with Gasteiger partial charge in [-0.15, -0.1) is 0 Å². The molecule has 10 atom stereocenters. The van der Waals surface area contributed by atoms with Gasteiger partial charge in [-0.2, -0.15) is 0 Å². The van der Waals surface area contributed by atoms with Gasteiger partial charge in [0.1, 0.15) is 0 Å². The summed E-state index contributed by atoms with van der Waals surface area (Å²) in [6, 6.07) is 0. The molecule has 4 bridgehead atoms. The molecule has 0 saturated heterocycles. The van der Waals surface area contributed by atoms with Crippen molar-refractivity contribution < 1.29 is 9.53 Å². The van der Waals surface area contributed by atoms with Crippen LogP contribution in [0, 0.1) is 58.7 Å². The van der Waals surface area contributed by atoms with Gasteiger partial charge in [-0.1, -0.05) is 20.8 Å². The summed E-state index contributed by atoms with van der Waals surface area (Å²) in [5.74, 6) is 7.24. The molecule has 4 aliphatic carbocycles. The highest BCUT2D eigenvalue weighted by molar-refractivity contribution is 5.78. The first-order valence-electron chi connectivity index (χ1n) is 8.51. The number of esters is 1. The number of methoxy groups -OCH3 is 1. The molecule has 20 heavy (non-hydrogen) atoms. The summed E-state index contributed by atoms with van der Waals surface area (Å²) in [7, 11) is 1.56. The van der Waals surface area contributed by atoms with Gasteiger partial charge < -0.3 is 4.74 Å². The van der Waals surface area contributed by atoms with E-state index < -0.39 is 0 Å². The molecule has 2 nitrogen and oxygen atoms in total. The third-order valence-corrected chi connectivity index (χ3v) is 8.63. The monoisotopic (exact) mass is 276 g/mol. The molecule has 0 heterocycles. The van der Waals surface area contributed by atoms with Gasteiger partial charge in [-0.25, -0.2) is 0 Å². The van der Waals surface area contributed by atoms with Gasteiger partial charge in [-0.05, 0) is 73.0 Å². The van der Waals surface area contributed by atoms with E-state index in [0.29, 0.717) is 11.8 Å². The maximum atomic E-state index is 12.5. The predicted octanol–water partition coefficient (Wildman–Crippen LogP) is 3.61. The van der Waals surface area contributed by atoms with Crippen LogP contribution in [-0.4, -0.2) is 13.1 Å². The molecule has 0 N–H and O–H groups in total. The fourth-order valence-electron chi connectivity index (χ4n) is 7.41. The van der Waals surface area contributed by atoms with Crippen molar-refractivity contribution in [2.24, 2.45) is 58.7 Å². The van der Waals surface area contributed by atoms with Crippen LogP contribution in [0.4, 0.5) is 0 Å². The van der Waals surface area contributed by atoms with Crippen molar-refractivity contribution in [3.05, 3.63) is 0 Å². The van der Waals surface area contributed by atoms with E-state index in [4.69, 9.17) is 4.74 Å². The van der Waals surface area contributed by atoms with Gasteiger partial charge >= 0.3 is 5.97 Å². The summed E-state index contributed by atoms with van der Waals surface area (Å²) in [5, 5.41) is 0. The summed E-state index contributed by atoms with van der Waals surface area (Å²) >= 11 is 0. The Hall–Kier alpha value is -0.530. The molecule has 0 amide bonds. The summed E-state index contributed by atoms with van der Waals surface area (Å²) in [5.41, 5.74) is -0.214. The van der Waals surface area contributed by atoms with E-state index in [-0.39, 0.29) is 11.4 Å². The highest BCUT2D eigenvalue weighted by Gasteiger charge is 2.72. The standard InChI is InChI=1S/C18H28O2/c1-8-9(2)12-6-11(8)15-13-7-14(16(12)15)18(4,10(13)3)17(19)20-5/h8-16H,6-7H2,1-5H3. The minimum atomic E-state index is -0.214. The Balaban J connectivity index is 1.73. The number of fused-ring (bicyclic) bond motifs is 9. The third-order valence-electron chi connectivity index (χ3n) is 8.63. The van der Waals surface area contributed by atoms with Crippen molar-refractivity contribution in [1.82, 2.24) is 0 Å². The van der Waals surface area contributed by atoms with Crippen LogP contribution < -0.4 is 0 Å². The Labute approximate surface area is 122 Å². The fourth-order valence-corrected chi connectivity index (χ4v) is 7.41. The molecule has 0 aliphatic heterocycles. The zero-order valence-corrected chi connectivity index (χ0v) is 13.4. The second-order valence-corrected chi connectivity index (χ2v) is 8.51. The molecular formula is C18H28O2. The molecule has 0 spiro atoms. The Morgan fingerprint density at radius 2 is 1.60 bits per heavy atom. The van der Waals surface area contributed by atoms with Crippen LogP contribution in [0.3, 0.4) is 0 Å². The van der Waals surface area contributed by atoms with Crippen molar-refractivity contribution >= 4 is 5.97 Å². The van der Waals surface area contributed by atoms with Gasteiger partial charge in [0.15, 0.2) is 0 Å². The lowest BCUT2D eigenvalue weighted by atomic mass is 9.55. The molecule has 0 aromatic carbocycles. The number of ether oxygens (including phenoxy) is 1. The first kappa shape index (κ1) is 13.2. The SMILES string of the molecule is COC(=O)C1(C)C(C)C2CC1C1C3CC(C(C)C3C)C21. The number of carbonyl (C=O) groups excluding carboxylic acids is 1. The Bertz CT molecular complexity index is 458. The van der Waals surface area contributed by atoms with E-state index in [9.17, 15) is 4.79 Å². The minimum absolute atomic E-state index is 0.0550. The van der Waals surface area contributed by atoms with Gasteiger partial charge in [0.25, 0.3) is 0 Å². The summed E-state index contributed by atoms with van der Waals surface area (Å²) in [6.45, 7) is 9.44. The lowest BCUT2D eigenvalue weighted by Gasteiger charge is -2.49. The third kappa shape index (κ3) is 1.18. The summed E-state index contributed by atoms with van der Waals surface area (Å²) in [4.78, 5) is 12.5. The van der Waals surface area contributed by atoms with Crippen molar-refractivity contribution in [3.8, 4) is 0 Å². The van der Waals surface area contributed by atoms with Crippen molar-refractivity contribution in [2.75, 3.05) is 7.11 Å². The molecule has 0 aromatic heterocycles. The van der Waals surface area contributed by atoms with Gasteiger partial charge in [0, 0.05) is 0 Å². The molecule has 112 valence electrons. The lowest BCUT2D eigenvalue weighted by molar-refractivity contribution is -0.163. The summed E-state index contributed by atoms with van der Waals surface area (Å²) < 4.78 is 5.20.